The molecule has 1 heterocycles. The zero-order valence-corrected chi connectivity index (χ0v) is 22.7. The fraction of sp³-hybridized carbons (Fsp3) is 0.296. The van der Waals surface area contributed by atoms with Crippen LogP contribution in [0.4, 0.5) is 11.4 Å². The number of primary amides is 1. The number of benzene rings is 2. The van der Waals surface area contributed by atoms with E-state index in [0.29, 0.717) is 41.6 Å². The zero-order chi connectivity index (χ0) is 28.5. The summed E-state index contributed by atoms with van der Waals surface area (Å²) in [7, 11) is 0. The summed E-state index contributed by atoms with van der Waals surface area (Å²) in [5, 5.41) is 2.58. The van der Waals surface area contributed by atoms with Crippen molar-refractivity contribution in [3.63, 3.8) is 0 Å². The van der Waals surface area contributed by atoms with E-state index in [-0.39, 0.29) is 22.9 Å². The fourth-order valence-corrected chi connectivity index (χ4v) is 4.69. The third kappa shape index (κ3) is 6.71. The molecule has 0 saturated carbocycles. The lowest BCUT2D eigenvalue weighted by Gasteiger charge is -2.32. The van der Waals surface area contributed by atoms with Crippen molar-refractivity contribution in [2.24, 2.45) is 5.73 Å². The van der Waals surface area contributed by atoms with Crippen LogP contribution in [0.2, 0.25) is 0 Å². The van der Waals surface area contributed by atoms with Gasteiger partial charge in [0.15, 0.2) is 5.69 Å². The van der Waals surface area contributed by atoms with Crippen molar-refractivity contribution in [1.82, 2.24) is 9.69 Å². The predicted octanol–water partition coefficient (Wildman–Crippen LogP) is 2.85. The van der Waals surface area contributed by atoms with E-state index < -0.39 is 36.3 Å². The largest absolute Gasteiger partial charge is 0.494 e. The molecular formula is C27H31N5O6S. The van der Waals surface area contributed by atoms with E-state index in [1.165, 1.54) is 4.90 Å². The summed E-state index contributed by atoms with van der Waals surface area (Å²) in [5.41, 5.74) is 12.8. The molecular weight excluding hydrogens is 522 g/mol. The van der Waals surface area contributed by atoms with Gasteiger partial charge in [-0.25, -0.2) is 0 Å². The minimum absolute atomic E-state index is 0.0520. The third-order valence-electron chi connectivity index (χ3n) is 5.73. The van der Waals surface area contributed by atoms with E-state index in [2.05, 4.69) is 9.69 Å². The smallest absolute Gasteiger partial charge is 0.325 e. The first-order valence-corrected chi connectivity index (χ1v) is 13.1. The van der Waals surface area contributed by atoms with Gasteiger partial charge in [-0.05, 0) is 61.1 Å². The summed E-state index contributed by atoms with van der Waals surface area (Å²) in [4.78, 5) is 53.0. The number of nitrogens with one attached hydrogen (secondary N) is 1. The van der Waals surface area contributed by atoms with Gasteiger partial charge in [0, 0.05) is 5.69 Å². The summed E-state index contributed by atoms with van der Waals surface area (Å²) in [6, 6.07) is 12.6. The number of aryl methyl sites for hydroxylation is 1. The molecule has 2 aromatic carbocycles. The van der Waals surface area contributed by atoms with Crippen LogP contribution in [0.25, 0.3) is 0 Å². The van der Waals surface area contributed by atoms with Crippen LogP contribution in [0, 0.1) is 0 Å². The Morgan fingerprint density at radius 1 is 1.03 bits per heavy atom. The lowest BCUT2D eigenvalue weighted by molar-refractivity contribution is -0.143. The highest BCUT2D eigenvalue weighted by Gasteiger charge is 2.37. The highest BCUT2D eigenvalue weighted by Crippen LogP contribution is 2.35. The van der Waals surface area contributed by atoms with Gasteiger partial charge in [-0.2, -0.15) is 4.37 Å². The monoisotopic (exact) mass is 553 g/mol. The first-order valence-electron chi connectivity index (χ1n) is 12.4. The average molecular weight is 554 g/mol. The number of ether oxygens (including phenoxy) is 2. The maximum Gasteiger partial charge on any atom is 0.325 e. The molecule has 206 valence electrons. The molecule has 1 aromatic heterocycles. The van der Waals surface area contributed by atoms with Gasteiger partial charge in [0.05, 0.1) is 18.9 Å². The Kier molecular flexibility index (Phi) is 9.98. The molecule has 0 spiro atoms. The Hall–Kier alpha value is -4.45. The number of carbonyl (C=O) groups excluding carboxylic acids is 4. The Bertz CT molecular complexity index is 1340. The molecule has 12 heteroatoms. The van der Waals surface area contributed by atoms with Crippen molar-refractivity contribution in [3.8, 4) is 5.75 Å². The standard InChI is InChI=1S/C27H31N5O6S/c1-4-16-9-7-8-10-19(16)32(27(36)24-21(28)22(25(29)34)31-39-24)23(26(35)30-15-20(33)38-6-3)17-11-13-18(14-12-17)37-5-2/h7-14,23H,4-6,15,28H2,1-3H3,(H2,29,34)(H,30,35)/t23-/m1/s1. The minimum atomic E-state index is -1.24. The number of anilines is 2. The summed E-state index contributed by atoms with van der Waals surface area (Å²) in [6.07, 6.45) is 0.547. The maximum atomic E-state index is 14.2. The second kappa shape index (κ2) is 13.4. The van der Waals surface area contributed by atoms with E-state index in [0.717, 1.165) is 5.56 Å². The summed E-state index contributed by atoms with van der Waals surface area (Å²) >= 11 is 0.714. The Balaban J connectivity index is 2.20. The lowest BCUT2D eigenvalue weighted by Crippen LogP contribution is -2.45. The molecule has 0 saturated heterocycles. The molecule has 0 fully saturated rings. The molecule has 0 aliphatic rings. The van der Waals surface area contributed by atoms with Crippen LogP contribution in [0.5, 0.6) is 5.75 Å². The van der Waals surface area contributed by atoms with Crippen LogP contribution in [0.3, 0.4) is 0 Å². The van der Waals surface area contributed by atoms with E-state index in [4.69, 9.17) is 20.9 Å². The van der Waals surface area contributed by atoms with Crippen molar-refractivity contribution in [2.75, 3.05) is 30.4 Å². The number of hydrogen-bond acceptors (Lipinski definition) is 9. The number of nitrogen functional groups attached to an aromatic ring is 1. The van der Waals surface area contributed by atoms with Crippen LogP contribution in [-0.2, 0) is 20.7 Å². The number of esters is 1. The van der Waals surface area contributed by atoms with Crippen molar-refractivity contribution in [2.45, 2.75) is 33.2 Å². The first-order chi connectivity index (χ1) is 18.7. The summed E-state index contributed by atoms with van der Waals surface area (Å²) in [6.45, 7) is 5.63. The quantitative estimate of drug-likeness (QED) is 0.288. The van der Waals surface area contributed by atoms with Crippen molar-refractivity contribution in [3.05, 3.63) is 70.2 Å². The molecule has 3 aromatic rings. The van der Waals surface area contributed by atoms with E-state index in [9.17, 15) is 19.2 Å². The Morgan fingerprint density at radius 3 is 2.31 bits per heavy atom. The number of carbonyl (C=O) groups is 4. The molecule has 11 nitrogen and oxygen atoms in total. The van der Waals surface area contributed by atoms with Gasteiger partial charge >= 0.3 is 5.97 Å². The molecule has 0 aliphatic heterocycles. The van der Waals surface area contributed by atoms with Crippen LogP contribution < -0.4 is 26.4 Å². The van der Waals surface area contributed by atoms with Gasteiger partial charge in [0.25, 0.3) is 11.8 Å². The number of nitrogens with zero attached hydrogens (tertiary/aromatic N) is 2. The fourth-order valence-electron chi connectivity index (χ4n) is 3.95. The van der Waals surface area contributed by atoms with Crippen molar-refractivity contribution >= 4 is 46.6 Å². The normalized spacial score (nSPS) is 11.4. The van der Waals surface area contributed by atoms with E-state index in [1.54, 1.807) is 43.3 Å². The summed E-state index contributed by atoms with van der Waals surface area (Å²) < 4.78 is 14.4. The number of amides is 3. The maximum absolute atomic E-state index is 14.2. The number of rotatable bonds is 12. The van der Waals surface area contributed by atoms with Crippen molar-refractivity contribution < 1.29 is 28.7 Å². The van der Waals surface area contributed by atoms with Gasteiger partial charge < -0.3 is 26.3 Å². The average Bonchev–Trinajstić information content (AvgIpc) is 3.32. The molecule has 5 N–H and O–H groups in total. The zero-order valence-electron chi connectivity index (χ0n) is 21.9. The molecule has 0 unspecified atom stereocenters. The lowest BCUT2D eigenvalue weighted by atomic mass is 10.00. The molecule has 39 heavy (non-hydrogen) atoms. The predicted molar refractivity (Wildman–Crippen MR) is 148 cm³/mol. The van der Waals surface area contributed by atoms with Crippen molar-refractivity contribution in [1.29, 1.82) is 0 Å². The van der Waals surface area contributed by atoms with Gasteiger partial charge in [-0.1, -0.05) is 37.3 Å². The molecule has 0 aliphatic carbocycles. The number of hydrogen-bond donors (Lipinski definition) is 3. The number of para-hydroxylation sites is 1. The van der Waals surface area contributed by atoms with Crippen LogP contribution in [0.1, 0.15) is 58.1 Å². The highest BCUT2D eigenvalue weighted by atomic mass is 32.1. The van der Waals surface area contributed by atoms with Crippen LogP contribution in [0.15, 0.2) is 48.5 Å². The molecule has 1 atom stereocenters. The van der Waals surface area contributed by atoms with Gasteiger partial charge in [0.1, 0.15) is 23.2 Å². The topological polar surface area (TPSA) is 167 Å². The van der Waals surface area contributed by atoms with Gasteiger partial charge in [0.2, 0.25) is 5.91 Å². The Labute approximate surface area is 230 Å². The molecule has 0 bridgehead atoms. The second-order valence-corrected chi connectivity index (χ2v) is 9.00. The number of aromatic nitrogens is 1. The molecule has 3 amide bonds. The third-order valence-corrected chi connectivity index (χ3v) is 6.58. The Morgan fingerprint density at radius 2 is 1.72 bits per heavy atom. The SMILES string of the molecule is CCOC(=O)CNC(=O)[C@@H](c1ccc(OCC)cc1)N(C(=O)c1snc(C(N)=O)c1N)c1ccccc1CC. The van der Waals surface area contributed by atoms with Gasteiger partial charge in [-0.15, -0.1) is 0 Å². The first kappa shape index (κ1) is 29.1. The minimum Gasteiger partial charge on any atom is -0.494 e. The van der Waals surface area contributed by atoms with E-state index in [1.807, 2.05) is 26.0 Å². The van der Waals surface area contributed by atoms with Gasteiger partial charge in [-0.3, -0.25) is 24.1 Å². The second-order valence-electron chi connectivity index (χ2n) is 8.22. The van der Waals surface area contributed by atoms with Crippen LogP contribution in [-0.4, -0.2) is 47.8 Å². The van der Waals surface area contributed by atoms with E-state index >= 15 is 0 Å². The molecule has 0 radical (unpaired) electrons. The summed E-state index contributed by atoms with van der Waals surface area (Å²) in [5.74, 6) is -2.22. The highest BCUT2D eigenvalue weighted by molar-refractivity contribution is 7.09. The number of nitrogens with two attached hydrogens (primary N) is 2. The molecule has 3 rings (SSSR count). The van der Waals surface area contributed by atoms with Crippen LogP contribution >= 0.6 is 11.5 Å².